The Bertz CT molecular complexity index is 116. The van der Waals surface area contributed by atoms with Gasteiger partial charge in [0.15, 0.2) is 0 Å². The Morgan fingerprint density at radius 3 is 2.78 bits per heavy atom. The molecular weight excluding hydrogens is 110 g/mol. The summed E-state index contributed by atoms with van der Waals surface area (Å²) >= 11 is 0. The predicted molar refractivity (Wildman–Crippen MR) is 38.4 cm³/mol. The lowest BCUT2D eigenvalue weighted by Gasteiger charge is -2.14. The van der Waals surface area contributed by atoms with Crippen molar-refractivity contribution in [2.75, 3.05) is 6.54 Å². The zero-order chi connectivity index (χ0) is 6.32. The molecule has 1 aliphatic heterocycles. The van der Waals surface area contributed by atoms with Gasteiger partial charge in [0.2, 0.25) is 0 Å². The van der Waals surface area contributed by atoms with Gasteiger partial charge in [-0.2, -0.15) is 0 Å². The molecule has 0 aromatic carbocycles. The van der Waals surface area contributed by atoms with Gasteiger partial charge in [0.25, 0.3) is 0 Å². The van der Waals surface area contributed by atoms with Crippen molar-refractivity contribution in [1.82, 2.24) is 5.32 Å². The second-order valence-electron chi connectivity index (χ2n) is 3.48. The maximum absolute atomic E-state index is 3.61. The van der Waals surface area contributed by atoms with E-state index in [9.17, 15) is 0 Å². The highest BCUT2D eigenvalue weighted by Crippen LogP contribution is 2.48. The molecule has 1 atom stereocenters. The largest absolute Gasteiger partial charge is 0.311 e. The molecule has 0 aromatic rings. The molecule has 0 aromatic heterocycles. The second-order valence-corrected chi connectivity index (χ2v) is 3.48. The van der Waals surface area contributed by atoms with Crippen molar-refractivity contribution in [1.29, 1.82) is 0 Å². The number of hydrogen-bond acceptors (Lipinski definition) is 1. The average Bonchev–Trinajstić information content (AvgIpc) is 2.45. The highest BCUT2D eigenvalue weighted by Gasteiger charge is 2.50. The second kappa shape index (κ2) is 1.72. The molecule has 0 radical (unpaired) electrons. The maximum atomic E-state index is 3.61. The molecule has 52 valence electrons. The molecule has 1 spiro atoms. The number of hydrogen-bond donors (Lipinski definition) is 1. The summed E-state index contributed by atoms with van der Waals surface area (Å²) in [4.78, 5) is 0. The Hall–Kier alpha value is -0.0400. The molecule has 1 heterocycles. The van der Waals surface area contributed by atoms with Crippen molar-refractivity contribution in [2.24, 2.45) is 5.92 Å². The van der Waals surface area contributed by atoms with Crippen molar-refractivity contribution in [3.63, 3.8) is 0 Å². The van der Waals surface area contributed by atoms with Gasteiger partial charge in [0, 0.05) is 5.54 Å². The van der Waals surface area contributed by atoms with Crippen LogP contribution in [0.4, 0.5) is 0 Å². The smallest absolute Gasteiger partial charge is 0.0211 e. The van der Waals surface area contributed by atoms with Crippen LogP contribution >= 0.6 is 0 Å². The van der Waals surface area contributed by atoms with Gasteiger partial charge in [-0.25, -0.2) is 0 Å². The molecule has 2 rings (SSSR count). The van der Waals surface area contributed by atoms with Crippen LogP contribution in [-0.4, -0.2) is 12.1 Å². The predicted octanol–water partition coefficient (Wildman–Crippen LogP) is 1.54. The van der Waals surface area contributed by atoms with Crippen LogP contribution in [0, 0.1) is 5.92 Å². The number of rotatable bonds is 1. The van der Waals surface area contributed by atoms with Crippen LogP contribution < -0.4 is 5.32 Å². The van der Waals surface area contributed by atoms with E-state index in [-0.39, 0.29) is 0 Å². The molecule has 0 amide bonds. The third-order valence-electron chi connectivity index (χ3n) is 3.03. The third-order valence-corrected chi connectivity index (χ3v) is 3.03. The molecule has 1 saturated carbocycles. The summed E-state index contributed by atoms with van der Waals surface area (Å²) in [5.41, 5.74) is 0.661. The first-order valence-corrected chi connectivity index (χ1v) is 4.12. The lowest BCUT2D eigenvalue weighted by atomic mass is 9.96. The van der Waals surface area contributed by atoms with Crippen molar-refractivity contribution in [3.8, 4) is 0 Å². The Morgan fingerprint density at radius 1 is 1.56 bits per heavy atom. The molecule has 1 nitrogen and oxygen atoms in total. The molecule has 1 saturated heterocycles. The van der Waals surface area contributed by atoms with Crippen LogP contribution in [0.1, 0.15) is 32.6 Å². The van der Waals surface area contributed by atoms with E-state index in [4.69, 9.17) is 0 Å². The first-order valence-electron chi connectivity index (χ1n) is 4.12. The summed E-state index contributed by atoms with van der Waals surface area (Å²) < 4.78 is 0. The Morgan fingerprint density at radius 2 is 2.33 bits per heavy atom. The van der Waals surface area contributed by atoms with Crippen LogP contribution in [-0.2, 0) is 0 Å². The highest BCUT2D eigenvalue weighted by atomic mass is 15.1. The first-order chi connectivity index (χ1) is 4.37. The van der Waals surface area contributed by atoms with Gasteiger partial charge in [0.1, 0.15) is 0 Å². The molecule has 2 fully saturated rings. The molecule has 1 unspecified atom stereocenters. The van der Waals surface area contributed by atoms with E-state index in [2.05, 4.69) is 12.2 Å². The van der Waals surface area contributed by atoms with Crippen LogP contribution in [0.3, 0.4) is 0 Å². The fraction of sp³-hybridized carbons (Fsp3) is 1.00. The average molecular weight is 125 g/mol. The standard InChI is InChI=1S/C8H15N/c1-2-7-3-6-9-8(7)4-5-8/h7,9H,2-6H2,1H3. The molecule has 1 heteroatoms. The van der Waals surface area contributed by atoms with Crippen LogP contribution in [0.2, 0.25) is 0 Å². The van der Waals surface area contributed by atoms with Crippen LogP contribution in [0.15, 0.2) is 0 Å². The van der Waals surface area contributed by atoms with Crippen LogP contribution in [0.5, 0.6) is 0 Å². The van der Waals surface area contributed by atoms with E-state index >= 15 is 0 Å². The van der Waals surface area contributed by atoms with Gasteiger partial charge in [-0.1, -0.05) is 13.3 Å². The van der Waals surface area contributed by atoms with E-state index in [1.165, 1.54) is 32.2 Å². The molecule has 2 aliphatic rings. The van der Waals surface area contributed by atoms with Crippen molar-refractivity contribution in [3.05, 3.63) is 0 Å². The summed E-state index contributed by atoms with van der Waals surface area (Å²) in [6.45, 7) is 3.59. The Kier molecular flexibility index (Phi) is 1.10. The minimum absolute atomic E-state index is 0.661. The summed E-state index contributed by atoms with van der Waals surface area (Å²) in [6.07, 6.45) is 5.71. The van der Waals surface area contributed by atoms with Gasteiger partial charge in [-0.3, -0.25) is 0 Å². The zero-order valence-corrected chi connectivity index (χ0v) is 6.11. The molecule has 9 heavy (non-hydrogen) atoms. The maximum Gasteiger partial charge on any atom is 0.0211 e. The van der Waals surface area contributed by atoms with Gasteiger partial charge in [-0.05, 0) is 31.7 Å². The van der Waals surface area contributed by atoms with E-state index in [1.807, 2.05) is 0 Å². The summed E-state index contributed by atoms with van der Waals surface area (Å²) in [5, 5.41) is 3.61. The first kappa shape index (κ1) is 5.72. The van der Waals surface area contributed by atoms with Crippen molar-refractivity contribution < 1.29 is 0 Å². The molecule has 1 aliphatic carbocycles. The summed E-state index contributed by atoms with van der Waals surface area (Å²) in [7, 11) is 0. The zero-order valence-electron chi connectivity index (χ0n) is 6.11. The fourth-order valence-electron chi connectivity index (χ4n) is 2.23. The van der Waals surface area contributed by atoms with Gasteiger partial charge in [-0.15, -0.1) is 0 Å². The van der Waals surface area contributed by atoms with E-state index in [0.717, 1.165) is 5.92 Å². The highest BCUT2D eigenvalue weighted by molar-refractivity contribution is 5.09. The third kappa shape index (κ3) is 0.710. The minimum Gasteiger partial charge on any atom is -0.311 e. The Balaban J connectivity index is 2.05. The summed E-state index contributed by atoms with van der Waals surface area (Å²) in [5.74, 6) is 1.01. The van der Waals surface area contributed by atoms with E-state index in [1.54, 1.807) is 0 Å². The fourth-order valence-corrected chi connectivity index (χ4v) is 2.23. The SMILES string of the molecule is CCC1CCNC12CC2. The topological polar surface area (TPSA) is 12.0 Å². The quantitative estimate of drug-likeness (QED) is 0.560. The monoisotopic (exact) mass is 125 g/mol. The Labute approximate surface area is 56.8 Å². The van der Waals surface area contributed by atoms with Crippen molar-refractivity contribution in [2.45, 2.75) is 38.1 Å². The van der Waals surface area contributed by atoms with Gasteiger partial charge < -0.3 is 5.32 Å². The lowest BCUT2D eigenvalue weighted by molar-refractivity contribution is 0.418. The summed E-state index contributed by atoms with van der Waals surface area (Å²) in [6, 6.07) is 0. The minimum atomic E-state index is 0.661. The van der Waals surface area contributed by atoms with Crippen molar-refractivity contribution >= 4 is 0 Å². The molecule has 0 bridgehead atoms. The molecular formula is C8H15N. The van der Waals surface area contributed by atoms with E-state index < -0.39 is 0 Å². The molecule has 1 N–H and O–H groups in total. The normalized spacial score (nSPS) is 37.7. The van der Waals surface area contributed by atoms with Gasteiger partial charge >= 0.3 is 0 Å². The lowest BCUT2D eigenvalue weighted by Crippen LogP contribution is -2.28. The van der Waals surface area contributed by atoms with Gasteiger partial charge in [0.05, 0.1) is 0 Å². The van der Waals surface area contributed by atoms with Crippen LogP contribution in [0.25, 0.3) is 0 Å². The van der Waals surface area contributed by atoms with E-state index in [0.29, 0.717) is 5.54 Å². The number of nitrogens with one attached hydrogen (secondary N) is 1.